The van der Waals surface area contributed by atoms with E-state index in [-0.39, 0.29) is 26.6 Å². The number of nitrogens with one attached hydrogen (secondary N) is 2. The van der Waals surface area contributed by atoms with Crippen molar-refractivity contribution in [3.05, 3.63) is 72.8 Å². The molecule has 1 atom stereocenters. The normalized spacial score (nSPS) is 19.7. The number of H-pyrrole nitrogens is 2. The van der Waals surface area contributed by atoms with Crippen molar-refractivity contribution in [2.75, 3.05) is 0 Å². The van der Waals surface area contributed by atoms with Crippen LogP contribution in [0.5, 0.6) is 0 Å². The van der Waals surface area contributed by atoms with Gasteiger partial charge >= 0.3 is 0 Å². The summed E-state index contributed by atoms with van der Waals surface area (Å²) < 4.78 is 0. The van der Waals surface area contributed by atoms with Crippen LogP contribution in [0.15, 0.2) is 38.5 Å². The maximum Gasteiger partial charge on any atom is 0.0879 e. The van der Waals surface area contributed by atoms with Crippen LogP contribution >= 0.6 is 0 Å². The molecule has 222 valence electrons. The smallest absolute Gasteiger partial charge is 0.0879 e. The van der Waals surface area contributed by atoms with E-state index in [9.17, 15) is 0 Å². The van der Waals surface area contributed by atoms with E-state index in [1.807, 2.05) is 0 Å². The van der Waals surface area contributed by atoms with Gasteiger partial charge in [-0.1, -0.05) is 55.4 Å². The number of hydrogen-bond donors (Lipinski definition) is 2. The predicted octanol–water partition coefficient (Wildman–Crippen LogP) is 7.26. The number of fused-ring (bicyclic) bond motifs is 6. The van der Waals surface area contributed by atoms with Crippen LogP contribution in [0.1, 0.15) is 115 Å². The third kappa shape index (κ3) is 5.31. The molecular weight excluding hydrogens is 684 g/mol. The topological polar surface area (TPSA) is 56.3 Å². The van der Waals surface area contributed by atoms with Crippen LogP contribution < -0.4 is 10.7 Å². The maximum absolute atomic E-state index is 5.51. The second-order valence-electron chi connectivity index (χ2n) is 11.4. The minimum atomic E-state index is -0.202. The van der Waals surface area contributed by atoms with E-state index in [2.05, 4.69) is 89.7 Å². The summed E-state index contributed by atoms with van der Waals surface area (Å²) >= 11 is 0. The van der Waals surface area contributed by atoms with Gasteiger partial charge in [0.15, 0.2) is 0 Å². The van der Waals surface area contributed by atoms with Crippen molar-refractivity contribution in [2.24, 2.45) is 9.98 Å². The monoisotopic (exact) mass is 731 g/mol. The first-order chi connectivity index (χ1) is 19.4. The van der Waals surface area contributed by atoms with Crippen LogP contribution in [0.3, 0.4) is 0 Å². The van der Waals surface area contributed by atoms with E-state index in [4.69, 9.17) is 9.98 Å². The summed E-state index contributed by atoms with van der Waals surface area (Å²) in [6.07, 6.45) is 18.2. The Kier molecular flexibility index (Phi) is 9.84. The van der Waals surface area contributed by atoms with Crippen molar-refractivity contribution in [1.82, 2.24) is 9.97 Å². The molecule has 0 spiro atoms. The van der Waals surface area contributed by atoms with Gasteiger partial charge in [-0.05, 0) is 115 Å². The van der Waals surface area contributed by atoms with Crippen molar-refractivity contribution in [2.45, 2.75) is 119 Å². The van der Waals surface area contributed by atoms with Crippen LogP contribution in [-0.2, 0) is 53.2 Å². The predicted molar refractivity (Wildman–Crippen MR) is 173 cm³/mol. The molecule has 0 aromatic carbocycles. The van der Waals surface area contributed by atoms with Gasteiger partial charge in [-0.2, -0.15) is 0 Å². The Morgan fingerprint density at radius 2 is 1.29 bits per heavy atom. The molecule has 2 N–H and O–H groups in total. The third-order valence-corrected chi connectivity index (χ3v) is 9.52. The van der Waals surface area contributed by atoms with Crippen LogP contribution in [0, 0.1) is 0 Å². The molecule has 2 aromatic heterocycles. The van der Waals surface area contributed by atoms with Crippen molar-refractivity contribution in [3.8, 4) is 0 Å². The van der Waals surface area contributed by atoms with Gasteiger partial charge in [0.2, 0.25) is 0 Å². The van der Waals surface area contributed by atoms with Crippen molar-refractivity contribution < 1.29 is 21.1 Å². The average molecular weight is 732 g/mol. The first kappa shape index (κ1) is 31.5. The number of allylic oxidation sites excluding steroid dienone is 3. The Hall–Kier alpha value is -2.45. The molecule has 5 rings (SSSR count). The third-order valence-electron chi connectivity index (χ3n) is 9.52. The number of aromatic amines is 2. The molecular formula is C36H48N4Pt. The fourth-order valence-electron chi connectivity index (χ4n) is 7.51. The summed E-state index contributed by atoms with van der Waals surface area (Å²) in [5.41, 5.74) is 15.6. The zero-order valence-corrected chi connectivity index (χ0v) is 28.7. The van der Waals surface area contributed by atoms with Crippen molar-refractivity contribution in [3.63, 3.8) is 0 Å². The van der Waals surface area contributed by atoms with E-state index in [1.54, 1.807) is 0 Å². The summed E-state index contributed by atoms with van der Waals surface area (Å²) in [6.45, 7) is 18.3. The molecule has 0 amide bonds. The minimum Gasteiger partial charge on any atom is -0.358 e. The Morgan fingerprint density at radius 3 is 1.85 bits per heavy atom. The molecule has 5 heteroatoms. The molecule has 3 aliphatic rings. The standard InChI is InChI=1S/C36H48N4.Pt/c1-9-22-17-23-18-30-24(10-2)25(11-3)31(37-30)19-32-26(12-4)27(13-5)33(38-32)20-34-28(14-6)29(15-7)35(39-34)21-36(22,16-8)40-23;/h17-20,37,39H,9-16,21H2,1-8H3;. The van der Waals surface area contributed by atoms with E-state index in [0.29, 0.717) is 0 Å². The fourth-order valence-corrected chi connectivity index (χ4v) is 7.51. The summed E-state index contributed by atoms with van der Waals surface area (Å²) in [5, 5.41) is 2.40. The molecule has 4 nitrogen and oxygen atoms in total. The molecule has 0 fully saturated rings. The summed E-state index contributed by atoms with van der Waals surface area (Å²) in [6, 6.07) is 0. The first-order valence-corrected chi connectivity index (χ1v) is 15.9. The summed E-state index contributed by atoms with van der Waals surface area (Å²) in [4.78, 5) is 18.6. The number of aliphatic imine (C=N–C) groups is 2. The molecule has 0 aliphatic carbocycles. The van der Waals surface area contributed by atoms with Gasteiger partial charge in [0, 0.05) is 49.6 Å². The van der Waals surface area contributed by atoms with E-state index in [0.717, 1.165) is 74.9 Å². The van der Waals surface area contributed by atoms with Gasteiger partial charge in [-0.25, -0.2) is 4.99 Å². The number of rotatable bonds is 8. The Balaban J connectivity index is 0.00000387. The average Bonchev–Trinajstić information content (AvgIpc) is 3.68. The van der Waals surface area contributed by atoms with Crippen LogP contribution in [0.2, 0.25) is 0 Å². The SMILES string of the molecule is CCC1=CC2=NC1(CC)Cc1[nH]c(c(CC)c1CC)C=C1N=C(C=c3[nH]c(c(CC)c3CC)=C2)C(CC)=C1CC.[Pt]. The quantitative estimate of drug-likeness (QED) is 0.288. The largest absolute Gasteiger partial charge is 0.358 e. The number of nitrogens with zero attached hydrogens (tertiary/aromatic N) is 2. The Labute approximate surface area is 261 Å². The molecule has 1 unspecified atom stereocenters. The van der Waals surface area contributed by atoms with Gasteiger partial charge in [-0.15, -0.1) is 0 Å². The van der Waals surface area contributed by atoms with Crippen LogP contribution in [0.25, 0.3) is 18.2 Å². The van der Waals surface area contributed by atoms with Crippen LogP contribution in [-0.4, -0.2) is 26.9 Å². The summed E-state index contributed by atoms with van der Waals surface area (Å²) in [5.74, 6) is 0. The van der Waals surface area contributed by atoms with E-state index in [1.165, 1.54) is 61.1 Å². The molecule has 5 heterocycles. The van der Waals surface area contributed by atoms with Gasteiger partial charge in [0.25, 0.3) is 0 Å². The van der Waals surface area contributed by atoms with Gasteiger partial charge in [0.05, 0.1) is 22.7 Å². The van der Waals surface area contributed by atoms with Crippen molar-refractivity contribution in [1.29, 1.82) is 0 Å². The molecule has 0 radical (unpaired) electrons. The summed E-state index contributed by atoms with van der Waals surface area (Å²) in [7, 11) is 0. The van der Waals surface area contributed by atoms with Gasteiger partial charge < -0.3 is 9.97 Å². The van der Waals surface area contributed by atoms with Gasteiger partial charge in [0.1, 0.15) is 0 Å². The second kappa shape index (κ2) is 12.8. The molecule has 0 saturated carbocycles. The maximum atomic E-state index is 5.51. The number of hydrogen-bond acceptors (Lipinski definition) is 2. The van der Waals surface area contributed by atoms with Crippen molar-refractivity contribution >= 4 is 29.7 Å². The van der Waals surface area contributed by atoms with Crippen LogP contribution in [0.4, 0.5) is 0 Å². The van der Waals surface area contributed by atoms with Gasteiger partial charge in [-0.3, -0.25) is 4.99 Å². The molecule has 8 bridgehead atoms. The molecule has 2 aromatic rings. The molecule has 0 saturated heterocycles. The zero-order chi connectivity index (χ0) is 28.6. The minimum absolute atomic E-state index is 0. The number of aromatic nitrogens is 2. The van der Waals surface area contributed by atoms with E-state index >= 15 is 0 Å². The van der Waals surface area contributed by atoms with E-state index < -0.39 is 0 Å². The molecule has 41 heavy (non-hydrogen) atoms. The Bertz CT molecular complexity index is 1600. The first-order valence-electron chi connectivity index (χ1n) is 15.9. The second-order valence-corrected chi connectivity index (χ2v) is 11.4. The molecule has 3 aliphatic heterocycles. The fraction of sp³-hybridized carbons (Fsp3) is 0.500. The Morgan fingerprint density at radius 1 is 0.659 bits per heavy atom. The zero-order valence-electron chi connectivity index (χ0n) is 26.4.